The van der Waals surface area contributed by atoms with Gasteiger partial charge in [0.05, 0.1) is 7.11 Å². The van der Waals surface area contributed by atoms with E-state index < -0.39 is 0 Å². The molecular weight excluding hydrogens is 308 g/mol. The molecule has 3 heterocycles. The van der Waals surface area contributed by atoms with E-state index in [0.717, 1.165) is 26.9 Å². The van der Waals surface area contributed by atoms with E-state index in [4.69, 9.17) is 4.74 Å². The van der Waals surface area contributed by atoms with Crippen molar-refractivity contribution in [3.05, 3.63) is 35.1 Å². The van der Waals surface area contributed by atoms with Crippen LogP contribution in [-0.2, 0) is 7.05 Å². The molecule has 3 aromatic heterocycles. The molecule has 5 nitrogen and oxygen atoms in total. The highest BCUT2D eigenvalue weighted by Crippen LogP contribution is 2.32. The van der Waals surface area contributed by atoms with Gasteiger partial charge in [0.25, 0.3) is 0 Å². The molecule has 0 unspecified atom stereocenters. The lowest BCUT2D eigenvalue weighted by Gasteiger charge is -2.04. The smallest absolute Gasteiger partial charge is 0.158 e. The molecule has 3 aromatic rings. The number of hydrogen-bond donors (Lipinski definition) is 0. The summed E-state index contributed by atoms with van der Waals surface area (Å²) in [6.07, 6.45) is 3.48. The van der Waals surface area contributed by atoms with Crippen LogP contribution < -0.4 is 4.74 Å². The van der Waals surface area contributed by atoms with Crippen LogP contribution in [0.25, 0.3) is 22.4 Å². The number of ether oxygens (including phenoxy) is 1. The number of aryl methyl sites for hydroxylation is 1. The standard InChI is InChI=1S/C13H11BrN4O/c1-18-13-9(6-8(14)7-16-13)11(17-18)12-10(19-2)4-3-5-15-12/h3-7H,1-2H3. The molecule has 0 bridgehead atoms. The van der Waals surface area contributed by atoms with Gasteiger partial charge in [-0.2, -0.15) is 5.10 Å². The van der Waals surface area contributed by atoms with Crippen molar-refractivity contribution in [2.24, 2.45) is 7.05 Å². The van der Waals surface area contributed by atoms with Gasteiger partial charge in [0.1, 0.15) is 17.1 Å². The Bertz CT molecular complexity index is 753. The van der Waals surface area contributed by atoms with Gasteiger partial charge in [-0.15, -0.1) is 0 Å². The van der Waals surface area contributed by atoms with Crippen molar-refractivity contribution in [1.82, 2.24) is 19.7 Å². The summed E-state index contributed by atoms with van der Waals surface area (Å²) in [5.74, 6) is 0.697. The number of halogens is 1. The Balaban J connectivity index is 2.33. The van der Waals surface area contributed by atoms with Crippen LogP contribution in [0.2, 0.25) is 0 Å². The van der Waals surface area contributed by atoms with Crippen LogP contribution in [0.3, 0.4) is 0 Å². The zero-order valence-corrected chi connectivity index (χ0v) is 12.0. The molecule has 19 heavy (non-hydrogen) atoms. The second-order valence-electron chi connectivity index (χ2n) is 4.05. The second-order valence-corrected chi connectivity index (χ2v) is 4.97. The van der Waals surface area contributed by atoms with E-state index in [1.807, 2.05) is 25.2 Å². The fourth-order valence-electron chi connectivity index (χ4n) is 2.02. The molecule has 0 fully saturated rings. The number of hydrogen-bond acceptors (Lipinski definition) is 4. The van der Waals surface area contributed by atoms with Crippen molar-refractivity contribution in [2.45, 2.75) is 0 Å². The number of rotatable bonds is 2. The van der Waals surface area contributed by atoms with E-state index in [9.17, 15) is 0 Å². The Morgan fingerprint density at radius 3 is 2.89 bits per heavy atom. The SMILES string of the molecule is COc1cccnc1-c1nn(C)c2ncc(Br)cc12. The van der Waals surface area contributed by atoms with Crippen LogP contribution in [0.5, 0.6) is 5.75 Å². The molecule has 0 aliphatic rings. The van der Waals surface area contributed by atoms with Gasteiger partial charge in [0, 0.05) is 29.3 Å². The van der Waals surface area contributed by atoms with Crippen LogP contribution in [0.1, 0.15) is 0 Å². The molecule has 96 valence electrons. The summed E-state index contributed by atoms with van der Waals surface area (Å²) >= 11 is 3.43. The van der Waals surface area contributed by atoms with Gasteiger partial charge in [-0.3, -0.25) is 4.98 Å². The van der Waals surface area contributed by atoms with Crippen molar-refractivity contribution >= 4 is 27.0 Å². The maximum absolute atomic E-state index is 5.34. The Hall–Kier alpha value is -1.95. The number of nitrogens with zero attached hydrogens (tertiary/aromatic N) is 4. The molecule has 0 aliphatic heterocycles. The lowest BCUT2D eigenvalue weighted by Crippen LogP contribution is -1.93. The van der Waals surface area contributed by atoms with E-state index in [-0.39, 0.29) is 0 Å². The molecule has 0 aliphatic carbocycles. The molecule has 0 aromatic carbocycles. The van der Waals surface area contributed by atoms with Crippen molar-refractivity contribution in [1.29, 1.82) is 0 Å². The Morgan fingerprint density at radius 1 is 1.26 bits per heavy atom. The van der Waals surface area contributed by atoms with E-state index in [1.54, 1.807) is 24.2 Å². The van der Waals surface area contributed by atoms with Crippen LogP contribution in [0.4, 0.5) is 0 Å². The maximum Gasteiger partial charge on any atom is 0.158 e. The normalized spacial score (nSPS) is 10.9. The zero-order chi connectivity index (χ0) is 13.4. The van der Waals surface area contributed by atoms with Crippen molar-refractivity contribution in [3.63, 3.8) is 0 Å². The minimum absolute atomic E-state index is 0.697. The quantitative estimate of drug-likeness (QED) is 0.729. The number of fused-ring (bicyclic) bond motifs is 1. The monoisotopic (exact) mass is 318 g/mol. The van der Waals surface area contributed by atoms with Crippen molar-refractivity contribution < 1.29 is 4.74 Å². The van der Waals surface area contributed by atoms with E-state index >= 15 is 0 Å². The lowest BCUT2D eigenvalue weighted by atomic mass is 10.2. The van der Waals surface area contributed by atoms with Gasteiger partial charge >= 0.3 is 0 Å². The second kappa shape index (κ2) is 4.62. The van der Waals surface area contributed by atoms with Gasteiger partial charge in [-0.1, -0.05) is 0 Å². The molecule has 0 atom stereocenters. The van der Waals surface area contributed by atoms with Crippen LogP contribution in [0.15, 0.2) is 35.1 Å². The molecule has 3 rings (SSSR count). The highest BCUT2D eigenvalue weighted by atomic mass is 79.9. The highest BCUT2D eigenvalue weighted by Gasteiger charge is 2.16. The largest absolute Gasteiger partial charge is 0.494 e. The first-order valence-electron chi connectivity index (χ1n) is 5.68. The third-order valence-corrected chi connectivity index (χ3v) is 3.29. The fraction of sp³-hybridized carbons (Fsp3) is 0.154. The van der Waals surface area contributed by atoms with Crippen molar-refractivity contribution in [3.8, 4) is 17.1 Å². The minimum Gasteiger partial charge on any atom is -0.494 e. The van der Waals surface area contributed by atoms with Crippen LogP contribution in [0, 0.1) is 0 Å². The summed E-state index contributed by atoms with van der Waals surface area (Å²) in [6.45, 7) is 0. The average molecular weight is 319 g/mol. The summed E-state index contributed by atoms with van der Waals surface area (Å²) < 4.78 is 7.99. The zero-order valence-electron chi connectivity index (χ0n) is 10.5. The first-order valence-corrected chi connectivity index (χ1v) is 6.47. The minimum atomic E-state index is 0.697. The molecule has 6 heteroatoms. The van der Waals surface area contributed by atoms with E-state index in [0.29, 0.717) is 5.75 Å². The summed E-state index contributed by atoms with van der Waals surface area (Å²) in [6, 6.07) is 5.69. The molecule has 0 saturated heterocycles. The molecule has 0 N–H and O–H groups in total. The van der Waals surface area contributed by atoms with Gasteiger partial charge in [-0.25, -0.2) is 9.67 Å². The van der Waals surface area contributed by atoms with Gasteiger partial charge in [0.15, 0.2) is 5.65 Å². The highest BCUT2D eigenvalue weighted by molar-refractivity contribution is 9.10. The van der Waals surface area contributed by atoms with E-state index in [1.165, 1.54) is 0 Å². The van der Waals surface area contributed by atoms with Crippen molar-refractivity contribution in [2.75, 3.05) is 7.11 Å². The molecular formula is C13H11BrN4O. The van der Waals surface area contributed by atoms with Gasteiger partial charge < -0.3 is 4.74 Å². The average Bonchev–Trinajstić information content (AvgIpc) is 2.75. The first-order chi connectivity index (χ1) is 9.20. The molecule has 0 amide bonds. The summed E-state index contributed by atoms with van der Waals surface area (Å²) in [5, 5.41) is 5.44. The van der Waals surface area contributed by atoms with Gasteiger partial charge in [0.2, 0.25) is 0 Å². The van der Waals surface area contributed by atoms with E-state index in [2.05, 4.69) is 31.0 Å². The summed E-state index contributed by atoms with van der Waals surface area (Å²) in [4.78, 5) is 8.74. The topological polar surface area (TPSA) is 52.8 Å². The predicted molar refractivity (Wildman–Crippen MR) is 76.0 cm³/mol. The predicted octanol–water partition coefficient (Wildman–Crippen LogP) is 2.80. The Kier molecular flexibility index (Phi) is 2.94. The number of aromatic nitrogens is 4. The van der Waals surface area contributed by atoms with Crippen LogP contribution >= 0.6 is 15.9 Å². The Labute approximate surface area is 118 Å². The number of methoxy groups -OCH3 is 1. The third-order valence-electron chi connectivity index (χ3n) is 2.86. The number of pyridine rings is 2. The van der Waals surface area contributed by atoms with Gasteiger partial charge in [-0.05, 0) is 34.1 Å². The Morgan fingerprint density at radius 2 is 2.11 bits per heavy atom. The maximum atomic E-state index is 5.34. The summed E-state index contributed by atoms with van der Waals surface area (Å²) in [7, 11) is 3.49. The molecule has 0 spiro atoms. The fourth-order valence-corrected chi connectivity index (χ4v) is 2.35. The molecule has 0 radical (unpaired) electrons. The third kappa shape index (κ3) is 1.98. The lowest BCUT2D eigenvalue weighted by molar-refractivity contribution is 0.414. The molecule has 0 saturated carbocycles. The van der Waals surface area contributed by atoms with Crippen LogP contribution in [-0.4, -0.2) is 26.9 Å². The first kappa shape index (κ1) is 12.1. The summed E-state index contributed by atoms with van der Waals surface area (Å²) in [5.41, 5.74) is 2.30.